The van der Waals surface area contributed by atoms with Gasteiger partial charge in [0, 0.05) is 23.6 Å². The summed E-state index contributed by atoms with van der Waals surface area (Å²) in [6, 6.07) is 4.05. The van der Waals surface area contributed by atoms with Crippen molar-refractivity contribution in [2.75, 3.05) is 0 Å². The average Bonchev–Trinajstić information content (AvgIpc) is 2.54. The molecular weight excluding hydrogens is 186 g/mol. The van der Waals surface area contributed by atoms with Crippen molar-refractivity contribution in [1.82, 2.24) is 4.98 Å². The molecule has 0 aliphatic rings. The van der Waals surface area contributed by atoms with Crippen molar-refractivity contribution in [3.63, 3.8) is 0 Å². The van der Waals surface area contributed by atoms with Crippen molar-refractivity contribution >= 4 is 11.1 Å². The molecule has 80 valence electrons. The third-order valence-corrected chi connectivity index (χ3v) is 2.61. The van der Waals surface area contributed by atoms with E-state index in [2.05, 4.69) is 38.7 Å². The predicted molar refractivity (Wildman–Crippen MR) is 62.1 cm³/mol. The van der Waals surface area contributed by atoms with Gasteiger partial charge in [-0.15, -0.1) is 0 Å². The van der Waals surface area contributed by atoms with Gasteiger partial charge in [0.25, 0.3) is 0 Å². The Morgan fingerprint density at radius 3 is 2.67 bits per heavy atom. The van der Waals surface area contributed by atoms with Crippen molar-refractivity contribution < 1.29 is 4.42 Å². The molecular formula is C13H17NO. The quantitative estimate of drug-likeness (QED) is 0.706. The highest BCUT2D eigenvalue weighted by atomic mass is 16.3. The van der Waals surface area contributed by atoms with Gasteiger partial charge in [0.2, 0.25) is 5.71 Å². The summed E-state index contributed by atoms with van der Waals surface area (Å²) in [6.07, 6.45) is 2.70. The number of fused-ring (bicyclic) bond motifs is 1. The molecule has 0 spiro atoms. The van der Waals surface area contributed by atoms with Gasteiger partial charge in [-0.3, -0.25) is 0 Å². The fraction of sp³-hybridized carbons (Fsp3) is 0.462. The zero-order chi connectivity index (χ0) is 11.1. The lowest BCUT2D eigenvalue weighted by Crippen LogP contribution is -2.12. The van der Waals surface area contributed by atoms with E-state index in [0.29, 0.717) is 0 Å². The average molecular weight is 203 g/mol. The van der Waals surface area contributed by atoms with E-state index in [1.807, 2.05) is 6.07 Å². The molecule has 0 aliphatic carbocycles. The third-order valence-electron chi connectivity index (χ3n) is 2.61. The first kappa shape index (κ1) is 10.2. The number of rotatable bonds is 1. The molecule has 0 saturated carbocycles. The minimum atomic E-state index is 0.111. The molecule has 2 nitrogen and oxygen atoms in total. The van der Waals surface area contributed by atoms with E-state index in [9.17, 15) is 0 Å². The lowest BCUT2D eigenvalue weighted by molar-refractivity contribution is 0.509. The van der Waals surface area contributed by atoms with Crippen LogP contribution in [0.1, 0.15) is 39.0 Å². The van der Waals surface area contributed by atoms with Crippen LogP contribution in [0.15, 0.2) is 22.7 Å². The van der Waals surface area contributed by atoms with Gasteiger partial charge in [0.15, 0.2) is 0 Å². The Morgan fingerprint density at radius 1 is 1.33 bits per heavy atom. The van der Waals surface area contributed by atoms with Gasteiger partial charge in [0.05, 0.1) is 0 Å². The van der Waals surface area contributed by atoms with Crippen molar-refractivity contribution in [1.29, 1.82) is 0 Å². The van der Waals surface area contributed by atoms with E-state index in [-0.39, 0.29) is 5.41 Å². The van der Waals surface area contributed by atoms with Gasteiger partial charge in [-0.1, -0.05) is 27.7 Å². The first-order valence-electron chi connectivity index (χ1n) is 5.41. The number of aromatic nitrogens is 1. The van der Waals surface area contributed by atoms with Crippen LogP contribution in [0.5, 0.6) is 0 Å². The number of aryl methyl sites for hydroxylation is 1. The maximum atomic E-state index is 5.76. The summed E-state index contributed by atoms with van der Waals surface area (Å²) in [4.78, 5) is 4.26. The maximum Gasteiger partial charge on any atom is 0.226 e. The van der Waals surface area contributed by atoms with Crippen LogP contribution in [-0.4, -0.2) is 4.98 Å². The van der Waals surface area contributed by atoms with Crippen LogP contribution in [0.3, 0.4) is 0 Å². The topological polar surface area (TPSA) is 26.0 Å². The highest BCUT2D eigenvalue weighted by Gasteiger charge is 2.24. The highest BCUT2D eigenvalue weighted by Crippen LogP contribution is 2.34. The molecule has 0 N–H and O–H groups in total. The number of hydrogen-bond donors (Lipinski definition) is 0. The van der Waals surface area contributed by atoms with Crippen molar-refractivity contribution in [2.45, 2.75) is 39.5 Å². The molecule has 0 aromatic carbocycles. The van der Waals surface area contributed by atoms with Gasteiger partial charge in [-0.25, -0.2) is 4.98 Å². The second-order valence-corrected chi connectivity index (χ2v) is 4.86. The zero-order valence-corrected chi connectivity index (χ0v) is 9.79. The Bertz CT molecular complexity index is 477. The van der Waals surface area contributed by atoms with Crippen LogP contribution in [0.4, 0.5) is 0 Å². The minimum Gasteiger partial charge on any atom is -0.442 e. The molecule has 2 aromatic heterocycles. The Balaban J connectivity index is 2.79. The molecule has 0 aliphatic heterocycles. The molecule has 0 radical (unpaired) electrons. The number of hydrogen-bond acceptors (Lipinski definition) is 2. The lowest BCUT2D eigenvalue weighted by atomic mass is 9.85. The molecule has 2 rings (SSSR count). The summed E-state index contributed by atoms with van der Waals surface area (Å²) >= 11 is 0. The largest absolute Gasteiger partial charge is 0.442 e. The van der Waals surface area contributed by atoms with E-state index in [1.54, 1.807) is 6.20 Å². The highest BCUT2D eigenvalue weighted by molar-refractivity contribution is 5.80. The van der Waals surface area contributed by atoms with E-state index >= 15 is 0 Å². The second kappa shape index (κ2) is 3.37. The zero-order valence-electron chi connectivity index (χ0n) is 9.79. The van der Waals surface area contributed by atoms with Crippen LogP contribution in [0.2, 0.25) is 0 Å². The summed E-state index contributed by atoms with van der Waals surface area (Å²) in [7, 11) is 0. The second-order valence-electron chi connectivity index (χ2n) is 4.86. The normalized spacial score (nSPS) is 12.3. The van der Waals surface area contributed by atoms with Crippen LogP contribution >= 0.6 is 0 Å². The van der Waals surface area contributed by atoms with Crippen LogP contribution in [0.25, 0.3) is 11.1 Å². The molecule has 0 fully saturated rings. The summed E-state index contributed by atoms with van der Waals surface area (Å²) in [5.74, 6) is 1.07. The smallest absolute Gasteiger partial charge is 0.226 e. The van der Waals surface area contributed by atoms with Gasteiger partial charge >= 0.3 is 0 Å². The Kier molecular flexibility index (Phi) is 2.29. The van der Waals surface area contributed by atoms with Crippen LogP contribution < -0.4 is 0 Å². The molecule has 0 unspecified atom stereocenters. The Hall–Kier alpha value is -1.31. The van der Waals surface area contributed by atoms with Crippen LogP contribution in [-0.2, 0) is 11.8 Å². The summed E-state index contributed by atoms with van der Waals surface area (Å²) < 4.78 is 5.76. The number of nitrogens with zero attached hydrogens (tertiary/aromatic N) is 1. The fourth-order valence-corrected chi connectivity index (χ4v) is 2.05. The molecule has 15 heavy (non-hydrogen) atoms. The molecule has 2 heteroatoms. The van der Waals surface area contributed by atoms with E-state index < -0.39 is 0 Å². The summed E-state index contributed by atoms with van der Waals surface area (Å²) in [5, 5.41) is 1.15. The van der Waals surface area contributed by atoms with Crippen LogP contribution in [0, 0.1) is 0 Å². The Labute approximate surface area is 90.3 Å². The number of pyridine rings is 1. The van der Waals surface area contributed by atoms with Crippen molar-refractivity contribution in [3.8, 4) is 0 Å². The van der Waals surface area contributed by atoms with E-state index in [0.717, 1.165) is 23.3 Å². The fourth-order valence-electron chi connectivity index (χ4n) is 2.05. The summed E-state index contributed by atoms with van der Waals surface area (Å²) in [6.45, 7) is 8.75. The van der Waals surface area contributed by atoms with E-state index in [4.69, 9.17) is 4.42 Å². The molecule has 0 bridgehead atoms. The molecule has 2 aromatic rings. The molecule has 0 saturated heterocycles. The van der Waals surface area contributed by atoms with Crippen molar-refractivity contribution in [3.05, 3.63) is 29.7 Å². The van der Waals surface area contributed by atoms with Gasteiger partial charge in [-0.2, -0.15) is 0 Å². The molecule has 2 heterocycles. The minimum absolute atomic E-state index is 0.111. The third kappa shape index (κ3) is 1.65. The van der Waals surface area contributed by atoms with Gasteiger partial charge in [-0.05, 0) is 17.5 Å². The van der Waals surface area contributed by atoms with E-state index in [1.165, 1.54) is 5.56 Å². The SMILES string of the molecule is CCc1oc2ncccc2c1C(C)(C)C. The standard InChI is InChI=1S/C13H17NO/c1-5-10-11(13(2,3)4)9-7-6-8-14-12(9)15-10/h6-8H,5H2,1-4H3. The molecule has 0 amide bonds. The number of furan rings is 1. The summed E-state index contributed by atoms with van der Waals surface area (Å²) in [5.41, 5.74) is 2.17. The van der Waals surface area contributed by atoms with Gasteiger partial charge in [0.1, 0.15) is 5.76 Å². The first-order chi connectivity index (χ1) is 7.04. The Morgan fingerprint density at radius 2 is 2.07 bits per heavy atom. The predicted octanol–water partition coefficient (Wildman–Crippen LogP) is 3.69. The molecule has 0 atom stereocenters. The lowest BCUT2D eigenvalue weighted by Gasteiger charge is -2.18. The monoisotopic (exact) mass is 203 g/mol. The maximum absolute atomic E-state index is 5.76. The van der Waals surface area contributed by atoms with Crippen molar-refractivity contribution in [2.24, 2.45) is 0 Å². The first-order valence-corrected chi connectivity index (χ1v) is 5.41. The van der Waals surface area contributed by atoms with Gasteiger partial charge < -0.3 is 4.42 Å².